The molecule has 0 atom stereocenters. The molecule has 6 nitrogen and oxygen atoms in total. The van der Waals surface area contributed by atoms with Crippen molar-refractivity contribution in [3.05, 3.63) is 93.3 Å². The van der Waals surface area contributed by atoms with Crippen LogP contribution in [0.3, 0.4) is 0 Å². The summed E-state index contributed by atoms with van der Waals surface area (Å²) in [6.07, 6.45) is 2.30. The summed E-state index contributed by atoms with van der Waals surface area (Å²) in [5.41, 5.74) is 4.81. The fraction of sp³-hybridized carbons (Fsp3) is 0.436. The van der Waals surface area contributed by atoms with Crippen LogP contribution in [0, 0.1) is 10.8 Å². The van der Waals surface area contributed by atoms with Crippen molar-refractivity contribution in [2.24, 2.45) is 10.8 Å². The molecule has 0 bridgehead atoms. The van der Waals surface area contributed by atoms with E-state index in [0.29, 0.717) is 66.9 Å². The second-order valence-corrected chi connectivity index (χ2v) is 14.8. The molecule has 1 heterocycles. The molecule has 0 saturated heterocycles. The number of carbonyl (C=O) groups is 2. The highest BCUT2D eigenvalue weighted by atomic mass is 35.5. The average Bonchev–Trinajstić information content (AvgIpc) is 2.98. The maximum Gasteiger partial charge on any atom is 0.180 e. The Balaban J connectivity index is 1.48. The fourth-order valence-electron chi connectivity index (χ4n) is 7.56. The zero-order valence-electron chi connectivity index (χ0n) is 27.8. The number of rotatable bonds is 9. The maximum atomic E-state index is 14.1. The lowest BCUT2D eigenvalue weighted by molar-refractivity contribution is -0.119. The SMILES string of the molecule is CCOc1cc(C2C3=C(CC(C)(C)CC3=O)N(CCOC)C3=C2C(=O)CC(C)(C)C3)cc(Cl)c1OCc1cccc2ccccc12. The molecule has 46 heavy (non-hydrogen) atoms. The first kappa shape index (κ1) is 32.3. The minimum atomic E-state index is -0.528. The fourth-order valence-corrected chi connectivity index (χ4v) is 7.83. The largest absolute Gasteiger partial charge is 0.490 e. The summed E-state index contributed by atoms with van der Waals surface area (Å²) in [7, 11) is 1.68. The molecule has 0 radical (unpaired) electrons. The molecule has 3 aromatic carbocycles. The summed E-state index contributed by atoms with van der Waals surface area (Å²) in [6.45, 7) is 12.3. The molecular weight excluding hydrogens is 598 g/mol. The highest BCUT2D eigenvalue weighted by molar-refractivity contribution is 6.32. The van der Waals surface area contributed by atoms with Gasteiger partial charge in [0.2, 0.25) is 0 Å². The van der Waals surface area contributed by atoms with Crippen LogP contribution in [0.1, 0.15) is 77.3 Å². The Hall–Kier alpha value is -3.61. The quantitative estimate of drug-likeness (QED) is 0.233. The van der Waals surface area contributed by atoms with Gasteiger partial charge in [0.05, 0.1) is 18.2 Å². The third kappa shape index (κ3) is 6.10. The number of Topliss-reactive ketones (excluding diaryl/α,β-unsaturated/α-hetero) is 2. The van der Waals surface area contributed by atoms with Gasteiger partial charge in [-0.05, 0) is 64.6 Å². The predicted octanol–water partition coefficient (Wildman–Crippen LogP) is 8.80. The number of carbonyl (C=O) groups excluding carboxylic acids is 2. The molecule has 0 N–H and O–H groups in total. The second kappa shape index (κ2) is 12.5. The van der Waals surface area contributed by atoms with E-state index >= 15 is 0 Å². The van der Waals surface area contributed by atoms with Crippen LogP contribution in [0.4, 0.5) is 0 Å². The zero-order valence-corrected chi connectivity index (χ0v) is 28.6. The number of ether oxygens (including phenoxy) is 3. The predicted molar refractivity (Wildman–Crippen MR) is 182 cm³/mol. The molecule has 0 saturated carbocycles. The van der Waals surface area contributed by atoms with Crippen molar-refractivity contribution in [1.82, 2.24) is 4.90 Å². The molecule has 0 unspecified atom stereocenters. The first-order valence-electron chi connectivity index (χ1n) is 16.3. The van der Waals surface area contributed by atoms with E-state index in [0.717, 1.165) is 46.1 Å². The molecule has 2 aliphatic carbocycles. The number of hydrogen-bond acceptors (Lipinski definition) is 6. The van der Waals surface area contributed by atoms with Crippen molar-refractivity contribution in [3.63, 3.8) is 0 Å². The highest BCUT2D eigenvalue weighted by Gasteiger charge is 2.49. The van der Waals surface area contributed by atoms with Crippen molar-refractivity contribution in [2.75, 3.05) is 26.9 Å². The first-order valence-corrected chi connectivity index (χ1v) is 16.7. The lowest BCUT2D eigenvalue weighted by Crippen LogP contribution is -2.45. The molecule has 3 aliphatic rings. The van der Waals surface area contributed by atoms with Crippen LogP contribution in [0.25, 0.3) is 10.8 Å². The minimum Gasteiger partial charge on any atom is -0.490 e. The molecule has 242 valence electrons. The molecule has 0 amide bonds. The summed E-state index contributed by atoms with van der Waals surface area (Å²) in [5.74, 6) is 0.582. The number of nitrogens with zero attached hydrogens (tertiary/aromatic N) is 1. The molecule has 3 aromatic rings. The van der Waals surface area contributed by atoms with Gasteiger partial charge in [0.25, 0.3) is 0 Å². The van der Waals surface area contributed by atoms with E-state index in [1.54, 1.807) is 7.11 Å². The smallest absolute Gasteiger partial charge is 0.180 e. The van der Waals surface area contributed by atoms with Gasteiger partial charge < -0.3 is 19.1 Å². The third-order valence-electron chi connectivity index (χ3n) is 9.46. The Morgan fingerprint density at radius 3 is 2.11 bits per heavy atom. The topological polar surface area (TPSA) is 65.1 Å². The number of hydrogen-bond donors (Lipinski definition) is 0. The highest BCUT2D eigenvalue weighted by Crippen LogP contribution is 2.55. The van der Waals surface area contributed by atoms with Gasteiger partial charge in [-0.15, -0.1) is 0 Å². The van der Waals surface area contributed by atoms with Gasteiger partial charge in [0.1, 0.15) is 6.61 Å². The van der Waals surface area contributed by atoms with E-state index < -0.39 is 5.92 Å². The van der Waals surface area contributed by atoms with E-state index in [9.17, 15) is 9.59 Å². The van der Waals surface area contributed by atoms with E-state index in [1.807, 2.05) is 37.3 Å². The maximum absolute atomic E-state index is 14.1. The van der Waals surface area contributed by atoms with Crippen molar-refractivity contribution in [3.8, 4) is 11.5 Å². The Bertz CT molecular complexity index is 1710. The molecule has 6 rings (SSSR count). The standard InChI is InChI=1S/C39H44ClNO5/c1-7-45-33-18-26(17-28(40)37(33)46-23-25-13-10-12-24-11-8-9-14-27(24)25)34-35-29(19-38(2,3)21-31(35)42)41(15-16-44-6)30-20-39(4,5)22-32(43)36(30)34/h8-14,17-18,34H,7,15-16,19-23H2,1-6H3. The van der Waals surface area contributed by atoms with Crippen molar-refractivity contribution >= 4 is 33.9 Å². The molecular formula is C39H44ClNO5. The van der Waals surface area contributed by atoms with Gasteiger partial charge in [0.15, 0.2) is 23.1 Å². The zero-order chi connectivity index (χ0) is 32.8. The van der Waals surface area contributed by atoms with Crippen LogP contribution in [0.15, 0.2) is 77.1 Å². The van der Waals surface area contributed by atoms with E-state index in [-0.39, 0.29) is 22.4 Å². The van der Waals surface area contributed by atoms with Crippen LogP contribution < -0.4 is 9.47 Å². The van der Waals surface area contributed by atoms with Crippen LogP contribution in [-0.4, -0.2) is 43.3 Å². The lowest BCUT2D eigenvalue weighted by atomic mass is 9.63. The van der Waals surface area contributed by atoms with Gasteiger partial charge in [0, 0.05) is 55.0 Å². The van der Waals surface area contributed by atoms with Gasteiger partial charge in [-0.1, -0.05) is 81.8 Å². The summed E-state index contributed by atoms with van der Waals surface area (Å²) in [6, 6.07) is 18.2. The Morgan fingerprint density at radius 2 is 1.48 bits per heavy atom. The molecule has 1 aliphatic heterocycles. The third-order valence-corrected chi connectivity index (χ3v) is 9.74. The molecule has 0 spiro atoms. The first-order chi connectivity index (χ1) is 21.9. The second-order valence-electron chi connectivity index (χ2n) is 14.4. The Labute approximate surface area is 277 Å². The Kier molecular flexibility index (Phi) is 8.81. The normalized spacial score (nSPS) is 19.4. The monoisotopic (exact) mass is 641 g/mol. The van der Waals surface area contributed by atoms with Gasteiger partial charge in [-0.3, -0.25) is 9.59 Å². The van der Waals surface area contributed by atoms with Crippen LogP contribution >= 0.6 is 11.6 Å². The van der Waals surface area contributed by atoms with Crippen molar-refractivity contribution < 1.29 is 23.8 Å². The van der Waals surface area contributed by atoms with Crippen molar-refractivity contribution in [2.45, 2.75) is 72.8 Å². The summed E-state index contributed by atoms with van der Waals surface area (Å²) >= 11 is 7.05. The van der Waals surface area contributed by atoms with Crippen LogP contribution in [-0.2, 0) is 20.9 Å². The van der Waals surface area contributed by atoms with E-state index in [1.165, 1.54) is 0 Å². The summed E-state index contributed by atoms with van der Waals surface area (Å²) in [5, 5.41) is 2.65. The summed E-state index contributed by atoms with van der Waals surface area (Å²) in [4.78, 5) is 30.5. The molecule has 7 heteroatoms. The Morgan fingerprint density at radius 1 is 0.848 bits per heavy atom. The van der Waals surface area contributed by atoms with Gasteiger partial charge >= 0.3 is 0 Å². The average molecular weight is 642 g/mol. The molecule has 0 fully saturated rings. The minimum absolute atomic E-state index is 0.0771. The van der Waals surface area contributed by atoms with Crippen LogP contribution in [0.5, 0.6) is 11.5 Å². The van der Waals surface area contributed by atoms with Gasteiger partial charge in [-0.2, -0.15) is 0 Å². The number of benzene rings is 3. The van der Waals surface area contributed by atoms with Crippen LogP contribution in [0.2, 0.25) is 5.02 Å². The lowest BCUT2D eigenvalue weighted by Gasteiger charge is -2.49. The summed E-state index contributed by atoms with van der Waals surface area (Å²) < 4.78 is 18.1. The molecule has 0 aromatic heterocycles. The number of allylic oxidation sites excluding steroid dienone is 4. The van der Waals surface area contributed by atoms with E-state index in [4.69, 9.17) is 25.8 Å². The van der Waals surface area contributed by atoms with E-state index in [2.05, 4.69) is 56.9 Å². The number of halogens is 1. The number of methoxy groups -OCH3 is 1. The van der Waals surface area contributed by atoms with Gasteiger partial charge in [-0.25, -0.2) is 0 Å². The van der Waals surface area contributed by atoms with Crippen molar-refractivity contribution in [1.29, 1.82) is 0 Å². The number of ketones is 2. The number of fused-ring (bicyclic) bond motifs is 1.